The van der Waals surface area contributed by atoms with Gasteiger partial charge in [-0.1, -0.05) is 18.2 Å². The van der Waals surface area contributed by atoms with Crippen LogP contribution in [-0.4, -0.2) is 13.1 Å². The fourth-order valence-corrected chi connectivity index (χ4v) is 2.83. The van der Waals surface area contributed by atoms with Crippen molar-refractivity contribution < 1.29 is 8.78 Å². The number of benzene rings is 2. The molecule has 0 bridgehead atoms. The molecule has 1 aliphatic heterocycles. The Bertz CT molecular complexity index is 784. The molecule has 116 valence electrons. The summed E-state index contributed by atoms with van der Waals surface area (Å²) in [5, 5.41) is 9.29. The van der Waals surface area contributed by atoms with Crippen molar-refractivity contribution in [3.63, 3.8) is 0 Å². The number of hydrogen-bond acceptors (Lipinski definition) is 2. The number of rotatable bonds is 3. The summed E-state index contributed by atoms with van der Waals surface area (Å²) in [5.74, 6) is -0.698. The highest BCUT2D eigenvalue weighted by Crippen LogP contribution is 2.26. The number of hydrogen-bond donors (Lipinski definition) is 0. The van der Waals surface area contributed by atoms with Gasteiger partial charge in [0.1, 0.15) is 11.6 Å². The molecule has 1 fully saturated rings. The van der Waals surface area contributed by atoms with Crippen molar-refractivity contribution >= 4 is 17.3 Å². The summed E-state index contributed by atoms with van der Waals surface area (Å²) in [7, 11) is 0. The second-order valence-electron chi connectivity index (χ2n) is 5.59. The van der Waals surface area contributed by atoms with E-state index in [0.717, 1.165) is 25.9 Å². The van der Waals surface area contributed by atoms with E-state index in [1.54, 1.807) is 30.3 Å². The predicted octanol–water partition coefficient (Wildman–Crippen LogP) is 4.63. The van der Waals surface area contributed by atoms with Gasteiger partial charge in [0.2, 0.25) is 0 Å². The summed E-state index contributed by atoms with van der Waals surface area (Å²) in [4.78, 5) is 2.03. The first-order valence-electron chi connectivity index (χ1n) is 7.59. The molecule has 3 rings (SSSR count). The van der Waals surface area contributed by atoms with E-state index in [0.29, 0.717) is 22.4 Å². The summed E-state index contributed by atoms with van der Waals surface area (Å²) in [6, 6.07) is 12.8. The van der Waals surface area contributed by atoms with Crippen LogP contribution in [0, 0.1) is 23.0 Å². The minimum Gasteiger partial charge on any atom is -0.369 e. The third-order valence-electron chi connectivity index (χ3n) is 3.99. The molecule has 1 saturated heterocycles. The zero-order chi connectivity index (χ0) is 16.2. The average molecular weight is 310 g/mol. The number of halogens is 2. The average Bonchev–Trinajstić information content (AvgIpc) is 3.07. The van der Waals surface area contributed by atoms with Crippen LogP contribution in [0.25, 0.3) is 11.6 Å². The first-order chi connectivity index (χ1) is 11.2. The Hall–Kier alpha value is -2.67. The van der Waals surface area contributed by atoms with E-state index in [1.807, 2.05) is 11.0 Å². The second kappa shape index (κ2) is 6.62. The number of nitrogens with zero attached hydrogens (tertiary/aromatic N) is 2. The maximum atomic E-state index is 14.3. The molecule has 1 heterocycles. The van der Waals surface area contributed by atoms with Crippen LogP contribution in [0.3, 0.4) is 0 Å². The summed E-state index contributed by atoms with van der Waals surface area (Å²) >= 11 is 0. The molecule has 0 atom stereocenters. The molecule has 0 amide bonds. The zero-order valence-electron chi connectivity index (χ0n) is 12.6. The highest BCUT2D eigenvalue weighted by Gasteiger charge is 2.16. The van der Waals surface area contributed by atoms with Crippen molar-refractivity contribution in [2.75, 3.05) is 18.0 Å². The van der Waals surface area contributed by atoms with E-state index in [-0.39, 0.29) is 5.82 Å². The van der Waals surface area contributed by atoms with Crippen LogP contribution in [0.2, 0.25) is 0 Å². The minimum atomic E-state index is -0.404. The summed E-state index contributed by atoms with van der Waals surface area (Å²) < 4.78 is 27.6. The monoisotopic (exact) mass is 310 g/mol. The first kappa shape index (κ1) is 15.2. The Morgan fingerprint density at radius 1 is 1.09 bits per heavy atom. The van der Waals surface area contributed by atoms with E-state index in [1.165, 1.54) is 18.2 Å². The Labute approximate surface area is 134 Å². The van der Waals surface area contributed by atoms with Gasteiger partial charge >= 0.3 is 0 Å². The van der Waals surface area contributed by atoms with Crippen LogP contribution in [0.4, 0.5) is 14.5 Å². The maximum absolute atomic E-state index is 14.3. The lowest BCUT2D eigenvalue weighted by molar-refractivity contribution is 0.623. The SMILES string of the molecule is N#C/C(=C/c1ccc(N2CCCC2)c(F)c1)c1cccc(F)c1. The predicted molar refractivity (Wildman–Crippen MR) is 87.7 cm³/mol. The van der Waals surface area contributed by atoms with Gasteiger partial charge < -0.3 is 4.90 Å². The maximum Gasteiger partial charge on any atom is 0.147 e. The molecule has 0 N–H and O–H groups in total. The quantitative estimate of drug-likeness (QED) is 0.610. The molecule has 1 aliphatic rings. The Kier molecular flexibility index (Phi) is 4.38. The van der Waals surface area contributed by atoms with Gasteiger partial charge in [-0.2, -0.15) is 5.26 Å². The molecule has 0 aliphatic carbocycles. The number of anilines is 1. The summed E-state index contributed by atoms with van der Waals surface area (Å²) in [6.07, 6.45) is 3.74. The van der Waals surface area contributed by atoms with Crippen LogP contribution in [0.15, 0.2) is 42.5 Å². The van der Waals surface area contributed by atoms with Crippen molar-refractivity contribution in [3.05, 3.63) is 65.2 Å². The third-order valence-corrected chi connectivity index (χ3v) is 3.99. The second-order valence-corrected chi connectivity index (χ2v) is 5.59. The van der Waals surface area contributed by atoms with Crippen LogP contribution in [0.1, 0.15) is 24.0 Å². The van der Waals surface area contributed by atoms with Crippen molar-refractivity contribution in [1.82, 2.24) is 0 Å². The molecule has 0 saturated carbocycles. The molecule has 0 spiro atoms. The van der Waals surface area contributed by atoms with E-state index in [2.05, 4.69) is 0 Å². The number of nitriles is 1. The molecule has 0 radical (unpaired) electrons. The molecule has 0 unspecified atom stereocenters. The van der Waals surface area contributed by atoms with Crippen molar-refractivity contribution in [2.24, 2.45) is 0 Å². The minimum absolute atomic E-state index is 0.294. The van der Waals surface area contributed by atoms with E-state index >= 15 is 0 Å². The lowest BCUT2D eigenvalue weighted by atomic mass is 10.0. The highest BCUT2D eigenvalue weighted by molar-refractivity contribution is 5.89. The molecular weight excluding hydrogens is 294 g/mol. The molecule has 23 heavy (non-hydrogen) atoms. The molecular formula is C19H16F2N2. The molecule has 0 aromatic heterocycles. The first-order valence-corrected chi connectivity index (χ1v) is 7.59. The largest absolute Gasteiger partial charge is 0.369 e. The Morgan fingerprint density at radius 3 is 2.52 bits per heavy atom. The fraction of sp³-hybridized carbons (Fsp3) is 0.211. The van der Waals surface area contributed by atoms with Gasteiger partial charge in [0.25, 0.3) is 0 Å². The van der Waals surface area contributed by atoms with Gasteiger partial charge in [-0.15, -0.1) is 0 Å². The molecule has 2 aromatic carbocycles. The topological polar surface area (TPSA) is 27.0 Å². The van der Waals surface area contributed by atoms with Gasteiger partial charge in [0.05, 0.1) is 17.3 Å². The molecule has 4 heteroatoms. The Balaban J connectivity index is 1.91. The standard InChI is InChI=1S/C19H16F2N2/c20-17-5-3-4-15(12-17)16(13-22)10-14-6-7-19(18(21)11-14)23-8-1-2-9-23/h3-7,10-12H,1-2,8-9H2/b16-10-. The summed E-state index contributed by atoms with van der Waals surface area (Å²) in [6.45, 7) is 1.75. The van der Waals surface area contributed by atoms with Crippen LogP contribution in [-0.2, 0) is 0 Å². The lowest BCUT2D eigenvalue weighted by Gasteiger charge is -2.18. The van der Waals surface area contributed by atoms with Crippen LogP contribution < -0.4 is 4.90 Å². The van der Waals surface area contributed by atoms with Crippen molar-refractivity contribution in [3.8, 4) is 6.07 Å². The van der Waals surface area contributed by atoms with Crippen molar-refractivity contribution in [2.45, 2.75) is 12.8 Å². The highest BCUT2D eigenvalue weighted by atomic mass is 19.1. The zero-order valence-corrected chi connectivity index (χ0v) is 12.6. The number of allylic oxidation sites excluding steroid dienone is 1. The summed E-state index contributed by atoms with van der Waals surface area (Å²) in [5.41, 5.74) is 1.98. The smallest absolute Gasteiger partial charge is 0.147 e. The lowest BCUT2D eigenvalue weighted by Crippen LogP contribution is -2.18. The molecule has 2 aromatic rings. The third kappa shape index (κ3) is 3.40. The van der Waals surface area contributed by atoms with Crippen LogP contribution in [0.5, 0.6) is 0 Å². The Morgan fingerprint density at radius 2 is 1.87 bits per heavy atom. The van der Waals surface area contributed by atoms with E-state index in [9.17, 15) is 14.0 Å². The van der Waals surface area contributed by atoms with Crippen LogP contribution >= 0.6 is 0 Å². The molecule has 2 nitrogen and oxygen atoms in total. The van der Waals surface area contributed by atoms with Gasteiger partial charge in [-0.3, -0.25) is 0 Å². The van der Waals surface area contributed by atoms with Gasteiger partial charge in [0, 0.05) is 13.1 Å². The van der Waals surface area contributed by atoms with Gasteiger partial charge in [-0.05, 0) is 54.3 Å². The van der Waals surface area contributed by atoms with Gasteiger partial charge in [0.15, 0.2) is 0 Å². The van der Waals surface area contributed by atoms with Crippen molar-refractivity contribution in [1.29, 1.82) is 5.26 Å². The fourth-order valence-electron chi connectivity index (χ4n) is 2.83. The normalized spacial score (nSPS) is 14.8. The van der Waals surface area contributed by atoms with Gasteiger partial charge in [-0.25, -0.2) is 8.78 Å². The van der Waals surface area contributed by atoms with E-state index in [4.69, 9.17) is 0 Å². The van der Waals surface area contributed by atoms with E-state index < -0.39 is 5.82 Å².